The lowest BCUT2D eigenvalue weighted by Crippen LogP contribution is -2.33. The summed E-state index contributed by atoms with van der Waals surface area (Å²) in [7, 11) is 0. The fraction of sp³-hybridized carbons (Fsp3) is 0.250. The van der Waals surface area contributed by atoms with Crippen LogP contribution in [0.3, 0.4) is 0 Å². The van der Waals surface area contributed by atoms with Gasteiger partial charge in [0.2, 0.25) is 0 Å². The van der Waals surface area contributed by atoms with Gasteiger partial charge in [0.25, 0.3) is 5.56 Å². The Kier molecular flexibility index (Phi) is 3.82. The van der Waals surface area contributed by atoms with Crippen LogP contribution in [0.2, 0.25) is 5.02 Å². The third-order valence-electron chi connectivity index (χ3n) is 2.64. The van der Waals surface area contributed by atoms with Gasteiger partial charge in [0.15, 0.2) is 0 Å². The molecule has 0 aromatic carbocycles. The number of carboxylic acid groups (broad SMARTS) is 1. The Labute approximate surface area is 113 Å². The Morgan fingerprint density at radius 2 is 2.32 bits per heavy atom. The minimum Gasteiger partial charge on any atom is -0.480 e. The molecule has 19 heavy (non-hydrogen) atoms. The van der Waals surface area contributed by atoms with Crippen molar-refractivity contribution in [2.75, 3.05) is 0 Å². The van der Waals surface area contributed by atoms with E-state index in [0.717, 1.165) is 0 Å². The first-order chi connectivity index (χ1) is 8.97. The summed E-state index contributed by atoms with van der Waals surface area (Å²) >= 11 is 5.80. The molecule has 0 fully saturated rings. The number of nitrogens with one attached hydrogen (secondary N) is 1. The summed E-state index contributed by atoms with van der Waals surface area (Å²) in [5.74, 6) is -0.954. The molecule has 2 aromatic heterocycles. The van der Waals surface area contributed by atoms with Gasteiger partial charge in [-0.25, -0.2) is 4.98 Å². The molecule has 0 aliphatic heterocycles. The molecule has 2 N–H and O–H groups in total. The summed E-state index contributed by atoms with van der Waals surface area (Å²) in [6.45, 7) is 1.73. The summed E-state index contributed by atoms with van der Waals surface area (Å²) in [5, 5.41) is 12.0. The monoisotopic (exact) mass is 281 g/mol. The van der Waals surface area contributed by atoms with Crippen LogP contribution in [0.4, 0.5) is 0 Å². The van der Waals surface area contributed by atoms with E-state index in [-0.39, 0.29) is 12.1 Å². The number of carbonyl (C=O) groups is 1. The summed E-state index contributed by atoms with van der Waals surface area (Å²) in [4.78, 5) is 26.8. The Morgan fingerprint density at radius 1 is 1.58 bits per heavy atom. The van der Waals surface area contributed by atoms with Gasteiger partial charge in [-0.1, -0.05) is 11.6 Å². The maximum Gasteiger partial charge on any atom is 0.320 e. The van der Waals surface area contributed by atoms with Gasteiger partial charge < -0.3 is 5.11 Å². The average molecular weight is 282 g/mol. The van der Waals surface area contributed by atoms with Crippen LogP contribution < -0.4 is 10.9 Å². The van der Waals surface area contributed by atoms with Crippen LogP contribution in [0.15, 0.2) is 29.2 Å². The van der Waals surface area contributed by atoms with E-state index >= 15 is 0 Å². The molecule has 0 aliphatic carbocycles. The van der Waals surface area contributed by atoms with Crippen molar-refractivity contribution in [3.05, 3.63) is 45.5 Å². The number of nitrogens with zero attached hydrogens (tertiary/aromatic N) is 2. The van der Waals surface area contributed by atoms with E-state index in [0.29, 0.717) is 16.4 Å². The van der Waals surface area contributed by atoms with Gasteiger partial charge in [-0.3, -0.25) is 19.3 Å². The van der Waals surface area contributed by atoms with E-state index in [2.05, 4.69) is 10.3 Å². The molecule has 0 saturated heterocycles. The quantitative estimate of drug-likeness (QED) is 0.870. The van der Waals surface area contributed by atoms with Crippen LogP contribution in [0, 0.1) is 0 Å². The van der Waals surface area contributed by atoms with Crippen LogP contribution >= 0.6 is 11.6 Å². The first kappa shape index (κ1) is 13.5. The molecule has 2 aromatic rings. The smallest absolute Gasteiger partial charge is 0.320 e. The zero-order valence-corrected chi connectivity index (χ0v) is 10.9. The highest BCUT2D eigenvalue weighted by Gasteiger charge is 2.10. The van der Waals surface area contributed by atoms with Crippen LogP contribution in [0.1, 0.15) is 12.6 Å². The molecule has 0 aliphatic rings. The van der Waals surface area contributed by atoms with Crippen molar-refractivity contribution >= 4 is 23.2 Å². The largest absolute Gasteiger partial charge is 0.480 e. The topological polar surface area (TPSA) is 83.7 Å². The molecule has 100 valence electrons. The van der Waals surface area contributed by atoms with Crippen molar-refractivity contribution in [3.8, 4) is 0 Å². The molecular weight excluding hydrogens is 270 g/mol. The number of carboxylic acids is 1. The van der Waals surface area contributed by atoms with Gasteiger partial charge >= 0.3 is 5.97 Å². The molecule has 2 heterocycles. The second-order valence-corrected chi connectivity index (χ2v) is 4.54. The average Bonchev–Trinajstić information content (AvgIpc) is 2.36. The molecule has 0 bridgehead atoms. The van der Waals surface area contributed by atoms with E-state index in [1.165, 1.54) is 23.6 Å². The van der Waals surface area contributed by atoms with Gasteiger partial charge in [0.05, 0.1) is 10.7 Å². The predicted molar refractivity (Wildman–Crippen MR) is 70.4 cm³/mol. The van der Waals surface area contributed by atoms with E-state index in [1.807, 2.05) is 0 Å². The lowest BCUT2D eigenvalue weighted by molar-refractivity contribution is -0.139. The lowest BCUT2D eigenvalue weighted by atomic mass is 10.3. The predicted octanol–water partition coefficient (Wildman–Crippen LogP) is 0.911. The van der Waals surface area contributed by atoms with E-state index in [1.54, 1.807) is 12.1 Å². The minimum absolute atomic E-state index is 0.210. The Bertz CT molecular complexity index is 683. The second kappa shape index (κ2) is 5.38. The molecule has 0 spiro atoms. The molecule has 0 radical (unpaired) electrons. The first-order valence-corrected chi connectivity index (χ1v) is 5.99. The van der Waals surface area contributed by atoms with Crippen molar-refractivity contribution in [1.82, 2.24) is 14.7 Å². The molecule has 7 heteroatoms. The number of aromatic nitrogens is 2. The highest BCUT2D eigenvalue weighted by atomic mass is 35.5. The van der Waals surface area contributed by atoms with Gasteiger partial charge in [0.1, 0.15) is 11.7 Å². The Hall–Kier alpha value is -1.92. The van der Waals surface area contributed by atoms with Crippen molar-refractivity contribution in [1.29, 1.82) is 0 Å². The van der Waals surface area contributed by atoms with Crippen LogP contribution in [-0.2, 0) is 11.3 Å². The van der Waals surface area contributed by atoms with Crippen molar-refractivity contribution in [2.45, 2.75) is 19.5 Å². The zero-order valence-electron chi connectivity index (χ0n) is 10.1. The summed E-state index contributed by atoms with van der Waals surface area (Å²) < 4.78 is 1.34. The van der Waals surface area contributed by atoms with Crippen molar-refractivity contribution in [2.24, 2.45) is 0 Å². The number of halogens is 1. The molecule has 2 rings (SSSR count). The van der Waals surface area contributed by atoms with E-state index in [4.69, 9.17) is 16.7 Å². The highest BCUT2D eigenvalue weighted by Crippen LogP contribution is 2.08. The van der Waals surface area contributed by atoms with Crippen LogP contribution in [-0.4, -0.2) is 26.5 Å². The third kappa shape index (κ3) is 3.10. The van der Waals surface area contributed by atoms with Gasteiger partial charge in [-0.05, 0) is 19.1 Å². The van der Waals surface area contributed by atoms with E-state index < -0.39 is 12.0 Å². The fourth-order valence-corrected chi connectivity index (χ4v) is 1.72. The lowest BCUT2D eigenvalue weighted by Gasteiger charge is -2.09. The molecule has 0 unspecified atom stereocenters. The molecule has 0 amide bonds. The minimum atomic E-state index is -0.954. The molecule has 1 atom stereocenters. The first-order valence-electron chi connectivity index (χ1n) is 5.61. The number of aliphatic carboxylic acids is 1. The number of hydrogen-bond acceptors (Lipinski definition) is 4. The summed E-state index contributed by atoms with van der Waals surface area (Å²) in [6, 6.07) is 3.92. The number of rotatable bonds is 4. The SMILES string of the molecule is C[C@H](NCc1cc(=O)n2cc(Cl)ccc2n1)C(=O)O. The van der Waals surface area contributed by atoms with Crippen LogP contribution in [0.5, 0.6) is 0 Å². The summed E-state index contributed by atoms with van der Waals surface area (Å²) in [6.07, 6.45) is 1.49. The molecular formula is C12H12ClN3O3. The highest BCUT2D eigenvalue weighted by molar-refractivity contribution is 6.30. The Morgan fingerprint density at radius 3 is 3.00 bits per heavy atom. The molecule has 0 saturated carbocycles. The normalized spacial score (nSPS) is 12.5. The van der Waals surface area contributed by atoms with Crippen molar-refractivity contribution in [3.63, 3.8) is 0 Å². The van der Waals surface area contributed by atoms with Gasteiger partial charge in [-0.2, -0.15) is 0 Å². The van der Waals surface area contributed by atoms with Crippen molar-refractivity contribution < 1.29 is 9.90 Å². The zero-order chi connectivity index (χ0) is 14.0. The van der Waals surface area contributed by atoms with Crippen LogP contribution in [0.25, 0.3) is 5.65 Å². The third-order valence-corrected chi connectivity index (χ3v) is 2.86. The number of pyridine rings is 1. The standard InChI is InChI=1S/C12H12ClN3O3/c1-7(12(18)19)14-5-9-4-11(17)16-6-8(13)2-3-10(16)15-9/h2-4,6-7,14H,5H2,1H3,(H,18,19)/t7-/m0/s1. The Balaban J connectivity index is 2.29. The van der Waals surface area contributed by atoms with Gasteiger partial charge in [0, 0.05) is 18.8 Å². The second-order valence-electron chi connectivity index (χ2n) is 4.10. The maximum atomic E-state index is 11.9. The fourth-order valence-electron chi connectivity index (χ4n) is 1.56. The molecule has 6 nitrogen and oxygen atoms in total. The number of hydrogen-bond donors (Lipinski definition) is 2. The maximum absolute atomic E-state index is 11.9. The van der Waals surface area contributed by atoms with Gasteiger partial charge in [-0.15, -0.1) is 0 Å². The summed E-state index contributed by atoms with van der Waals surface area (Å²) in [5.41, 5.74) is 0.698. The van der Waals surface area contributed by atoms with E-state index in [9.17, 15) is 9.59 Å². The number of fused-ring (bicyclic) bond motifs is 1.